The summed E-state index contributed by atoms with van der Waals surface area (Å²) in [6, 6.07) is 5.73. The molecule has 0 heterocycles. The number of benzene rings is 1. The first-order chi connectivity index (χ1) is 8.24. The minimum Gasteiger partial charge on any atom is -0.497 e. The zero-order chi connectivity index (χ0) is 12.3. The maximum atomic E-state index is 11.7. The third-order valence-corrected chi connectivity index (χ3v) is 2.92. The fourth-order valence-corrected chi connectivity index (χ4v) is 2.12. The highest BCUT2D eigenvalue weighted by molar-refractivity contribution is 5.92. The lowest BCUT2D eigenvalue weighted by Gasteiger charge is -2.19. The van der Waals surface area contributed by atoms with Crippen molar-refractivity contribution in [3.8, 4) is 5.75 Å². The normalized spacial score (nSPS) is 16.5. The first-order valence-corrected chi connectivity index (χ1v) is 5.45. The molecule has 0 saturated heterocycles. The van der Waals surface area contributed by atoms with E-state index in [-0.39, 0.29) is 0 Å². The van der Waals surface area contributed by atoms with Gasteiger partial charge in [-0.3, -0.25) is 4.94 Å². The number of ether oxygens (including phenoxy) is 1. The summed E-state index contributed by atoms with van der Waals surface area (Å²) < 4.78 is 16.9. The van der Waals surface area contributed by atoms with E-state index in [1.54, 1.807) is 7.11 Å². The highest BCUT2D eigenvalue weighted by Crippen LogP contribution is 2.33. The standard InChI is InChI=1S/C13H13FO3/c1-16-11-6-5-9-3-2-4-10(12(9)8-11)7-13(15)17-14/h5-8H,2-4H2,1H3/b10-7+. The molecule has 3 nitrogen and oxygen atoms in total. The van der Waals surface area contributed by atoms with Gasteiger partial charge < -0.3 is 4.74 Å². The highest BCUT2D eigenvalue weighted by atomic mass is 19.3. The number of fused-ring (bicyclic) bond motifs is 1. The Balaban J connectivity index is 2.42. The summed E-state index contributed by atoms with van der Waals surface area (Å²) in [6.07, 6.45) is 3.86. The first-order valence-electron chi connectivity index (χ1n) is 5.45. The molecule has 1 aromatic carbocycles. The molecule has 0 fully saturated rings. The fraction of sp³-hybridized carbons (Fsp3) is 0.308. The number of hydrogen-bond donors (Lipinski definition) is 0. The van der Waals surface area contributed by atoms with Gasteiger partial charge in [-0.15, -0.1) is 0 Å². The largest absolute Gasteiger partial charge is 0.497 e. The van der Waals surface area contributed by atoms with Gasteiger partial charge in [0.2, 0.25) is 0 Å². The maximum absolute atomic E-state index is 11.7. The van der Waals surface area contributed by atoms with Gasteiger partial charge in [-0.1, -0.05) is 6.07 Å². The molecule has 17 heavy (non-hydrogen) atoms. The zero-order valence-electron chi connectivity index (χ0n) is 9.53. The number of aryl methyl sites for hydroxylation is 1. The van der Waals surface area contributed by atoms with Gasteiger partial charge in [-0.2, -0.15) is 0 Å². The number of hydrogen-bond acceptors (Lipinski definition) is 3. The van der Waals surface area contributed by atoms with Crippen molar-refractivity contribution in [3.05, 3.63) is 35.4 Å². The second kappa shape index (κ2) is 4.99. The summed E-state index contributed by atoms with van der Waals surface area (Å²) >= 11 is 0. The predicted octanol–water partition coefficient (Wildman–Crippen LogP) is 2.84. The van der Waals surface area contributed by atoms with E-state index in [9.17, 15) is 9.32 Å². The van der Waals surface area contributed by atoms with Gasteiger partial charge in [-0.25, -0.2) is 4.79 Å². The zero-order valence-corrected chi connectivity index (χ0v) is 9.53. The molecule has 0 N–H and O–H groups in total. The van der Waals surface area contributed by atoms with E-state index in [4.69, 9.17) is 4.74 Å². The Hall–Kier alpha value is -1.84. The smallest absolute Gasteiger partial charge is 0.372 e. The van der Waals surface area contributed by atoms with Gasteiger partial charge in [-0.05, 0) is 48.1 Å². The molecule has 1 aliphatic rings. The van der Waals surface area contributed by atoms with E-state index < -0.39 is 5.97 Å². The highest BCUT2D eigenvalue weighted by Gasteiger charge is 2.16. The van der Waals surface area contributed by atoms with Crippen LogP contribution in [-0.4, -0.2) is 13.1 Å². The Kier molecular flexibility index (Phi) is 3.42. The second-order valence-corrected chi connectivity index (χ2v) is 3.94. The van der Waals surface area contributed by atoms with Crippen molar-refractivity contribution in [3.63, 3.8) is 0 Å². The van der Waals surface area contributed by atoms with Gasteiger partial charge in [0.15, 0.2) is 0 Å². The van der Waals surface area contributed by atoms with E-state index in [1.165, 1.54) is 6.08 Å². The SMILES string of the molecule is COc1ccc2c(c1)/C(=C/C(=O)OF)CCC2. The van der Waals surface area contributed by atoms with E-state index in [0.29, 0.717) is 0 Å². The van der Waals surface area contributed by atoms with Crippen LogP contribution in [0.15, 0.2) is 24.3 Å². The second-order valence-electron chi connectivity index (χ2n) is 3.94. The number of carbonyl (C=O) groups excluding carboxylic acids is 1. The number of allylic oxidation sites excluding steroid dienone is 1. The average Bonchev–Trinajstić information content (AvgIpc) is 2.38. The summed E-state index contributed by atoms with van der Waals surface area (Å²) in [6.45, 7) is 0. The number of methoxy groups -OCH3 is 1. The van der Waals surface area contributed by atoms with Crippen LogP contribution in [0.25, 0.3) is 5.57 Å². The maximum Gasteiger partial charge on any atom is 0.372 e. The number of halogens is 1. The summed E-state index contributed by atoms with van der Waals surface area (Å²) in [5, 5.41) is 0. The fourth-order valence-electron chi connectivity index (χ4n) is 2.12. The summed E-state index contributed by atoms with van der Waals surface area (Å²) in [5.41, 5.74) is 2.89. The van der Waals surface area contributed by atoms with Crippen molar-refractivity contribution in [2.45, 2.75) is 19.3 Å². The van der Waals surface area contributed by atoms with Gasteiger partial charge in [0.05, 0.1) is 7.11 Å². The van der Waals surface area contributed by atoms with Crippen molar-refractivity contribution in [2.24, 2.45) is 0 Å². The van der Waals surface area contributed by atoms with Gasteiger partial charge in [0.25, 0.3) is 0 Å². The van der Waals surface area contributed by atoms with Crippen LogP contribution in [0.2, 0.25) is 0 Å². The first kappa shape index (κ1) is 11.6. The van der Waals surface area contributed by atoms with Gasteiger partial charge in [0, 0.05) is 10.6 Å². The molecular weight excluding hydrogens is 223 g/mol. The van der Waals surface area contributed by atoms with Crippen molar-refractivity contribution >= 4 is 11.5 Å². The van der Waals surface area contributed by atoms with E-state index in [2.05, 4.69) is 4.94 Å². The van der Waals surface area contributed by atoms with E-state index in [1.807, 2.05) is 18.2 Å². The van der Waals surface area contributed by atoms with Crippen molar-refractivity contribution < 1.29 is 19.0 Å². The van der Waals surface area contributed by atoms with Crippen LogP contribution in [-0.2, 0) is 16.2 Å². The summed E-state index contributed by atoms with van der Waals surface area (Å²) in [7, 11) is 1.59. The average molecular weight is 236 g/mol. The van der Waals surface area contributed by atoms with Crippen molar-refractivity contribution in [2.75, 3.05) is 7.11 Å². The molecular formula is C13H13FO3. The van der Waals surface area contributed by atoms with Gasteiger partial charge >= 0.3 is 5.97 Å². The van der Waals surface area contributed by atoms with Crippen LogP contribution >= 0.6 is 0 Å². The molecule has 0 bridgehead atoms. The van der Waals surface area contributed by atoms with Crippen LogP contribution < -0.4 is 4.74 Å². The lowest BCUT2D eigenvalue weighted by atomic mass is 9.87. The third kappa shape index (κ3) is 2.46. The summed E-state index contributed by atoms with van der Waals surface area (Å²) in [4.78, 5) is 14.1. The lowest BCUT2D eigenvalue weighted by Crippen LogP contribution is -2.04. The molecule has 0 atom stereocenters. The molecule has 1 aliphatic carbocycles. The minimum absolute atomic E-state index is 0.727. The molecule has 2 rings (SSSR count). The molecule has 0 unspecified atom stereocenters. The quantitative estimate of drug-likeness (QED) is 0.741. The monoisotopic (exact) mass is 236 g/mol. The Bertz CT molecular complexity index is 466. The molecule has 0 radical (unpaired) electrons. The molecule has 0 aliphatic heterocycles. The van der Waals surface area contributed by atoms with E-state index in [0.717, 1.165) is 41.7 Å². The van der Waals surface area contributed by atoms with Gasteiger partial charge in [0.1, 0.15) is 5.75 Å². The molecule has 1 aromatic rings. The molecule has 4 heteroatoms. The van der Waals surface area contributed by atoms with Crippen LogP contribution in [0.1, 0.15) is 24.0 Å². The van der Waals surface area contributed by atoms with Crippen LogP contribution in [0.5, 0.6) is 5.75 Å². The molecule has 0 saturated carbocycles. The van der Waals surface area contributed by atoms with Crippen LogP contribution in [0, 0.1) is 0 Å². The molecule has 0 aromatic heterocycles. The van der Waals surface area contributed by atoms with Crippen LogP contribution in [0.3, 0.4) is 0 Å². The Morgan fingerprint density at radius 1 is 1.41 bits per heavy atom. The molecule has 0 spiro atoms. The van der Waals surface area contributed by atoms with Crippen molar-refractivity contribution in [1.29, 1.82) is 0 Å². The third-order valence-electron chi connectivity index (χ3n) is 2.92. The number of rotatable bonds is 2. The minimum atomic E-state index is -0.962. The predicted molar refractivity (Wildman–Crippen MR) is 61.1 cm³/mol. The summed E-state index contributed by atoms with van der Waals surface area (Å²) in [5.74, 6) is -0.235. The van der Waals surface area contributed by atoms with Crippen molar-refractivity contribution in [1.82, 2.24) is 0 Å². The Labute approximate surface area is 98.7 Å². The lowest BCUT2D eigenvalue weighted by molar-refractivity contribution is -0.176. The Morgan fingerprint density at radius 2 is 2.24 bits per heavy atom. The Morgan fingerprint density at radius 3 is 2.94 bits per heavy atom. The number of carbonyl (C=O) groups is 1. The molecule has 0 amide bonds. The van der Waals surface area contributed by atoms with E-state index >= 15 is 0 Å². The topological polar surface area (TPSA) is 35.5 Å². The molecule has 90 valence electrons. The van der Waals surface area contributed by atoms with Crippen LogP contribution in [0.4, 0.5) is 4.53 Å².